The van der Waals surface area contributed by atoms with Crippen molar-refractivity contribution in [1.82, 2.24) is 10.6 Å². The lowest BCUT2D eigenvalue weighted by Crippen LogP contribution is -2.45. The van der Waals surface area contributed by atoms with Crippen LogP contribution in [0.4, 0.5) is 0 Å². The van der Waals surface area contributed by atoms with Crippen molar-refractivity contribution in [3.8, 4) is 0 Å². The molecular weight excluding hydrogens is 374 g/mol. The first-order valence-corrected chi connectivity index (χ1v) is 10.0. The summed E-state index contributed by atoms with van der Waals surface area (Å²) in [5, 5.41) is 5.42. The van der Waals surface area contributed by atoms with Crippen molar-refractivity contribution in [2.75, 3.05) is 33.0 Å². The normalized spacial score (nSPS) is 11.7. The average Bonchev–Trinajstić information content (AvgIpc) is 2.69. The highest BCUT2D eigenvalue weighted by molar-refractivity contribution is 5.94. The molecule has 1 atom stereocenters. The van der Waals surface area contributed by atoms with Crippen LogP contribution in [0.1, 0.15) is 48.5 Å². The van der Waals surface area contributed by atoms with Gasteiger partial charge in [-0.3, -0.25) is 14.4 Å². The Kier molecular flexibility index (Phi) is 12.3. The fourth-order valence-corrected chi connectivity index (χ4v) is 2.53. The molecule has 4 N–H and O–H groups in total. The number of unbranched alkanes of at least 4 members (excludes halogenated alkanes) is 1. The molecule has 8 heteroatoms. The Labute approximate surface area is 172 Å². The van der Waals surface area contributed by atoms with E-state index in [1.54, 1.807) is 12.1 Å². The Morgan fingerprint density at radius 3 is 2.38 bits per heavy atom. The van der Waals surface area contributed by atoms with E-state index in [1.165, 1.54) is 0 Å². The number of hydrogen-bond acceptors (Lipinski definition) is 5. The molecule has 0 spiro atoms. The monoisotopic (exact) mass is 407 g/mol. The third-order valence-corrected chi connectivity index (χ3v) is 4.15. The molecule has 0 heterocycles. The van der Waals surface area contributed by atoms with Crippen LogP contribution in [-0.4, -0.2) is 56.7 Å². The van der Waals surface area contributed by atoms with Gasteiger partial charge >= 0.3 is 0 Å². The molecule has 0 aliphatic carbocycles. The second kappa shape index (κ2) is 14.5. The van der Waals surface area contributed by atoms with Gasteiger partial charge in [0.1, 0.15) is 12.6 Å². The lowest BCUT2D eigenvalue weighted by Gasteiger charge is -2.15. The van der Waals surface area contributed by atoms with Crippen molar-refractivity contribution in [2.24, 2.45) is 5.73 Å². The smallest absolute Gasteiger partial charge is 0.251 e. The van der Waals surface area contributed by atoms with Crippen LogP contribution in [0, 0.1) is 6.92 Å². The summed E-state index contributed by atoms with van der Waals surface area (Å²) in [6.45, 7) is 5.70. The molecule has 0 aromatic heterocycles. The predicted molar refractivity (Wildman–Crippen MR) is 110 cm³/mol. The molecular formula is C21H33N3O5. The fourth-order valence-electron chi connectivity index (χ4n) is 2.53. The van der Waals surface area contributed by atoms with Gasteiger partial charge in [-0.15, -0.1) is 0 Å². The summed E-state index contributed by atoms with van der Waals surface area (Å²) in [7, 11) is 0. The summed E-state index contributed by atoms with van der Waals surface area (Å²) in [5.41, 5.74) is 7.06. The van der Waals surface area contributed by atoms with Gasteiger partial charge in [0, 0.05) is 18.7 Å². The topological polar surface area (TPSA) is 120 Å². The van der Waals surface area contributed by atoms with Gasteiger partial charge < -0.3 is 25.8 Å². The van der Waals surface area contributed by atoms with E-state index in [1.807, 2.05) is 26.0 Å². The standard InChI is InChI=1S/C21H33N3O5/c1-3-12-28-13-14-29-15-19(25)24-18(20(22)26)6-4-5-11-23-21(27)17-9-7-16(2)8-10-17/h7-10,18H,3-6,11-15H2,1-2H3,(H2,22,26)(H,23,27)(H,24,25). The Bertz CT molecular complexity index is 634. The largest absolute Gasteiger partial charge is 0.379 e. The third-order valence-electron chi connectivity index (χ3n) is 4.15. The van der Waals surface area contributed by atoms with E-state index in [2.05, 4.69) is 10.6 Å². The summed E-state index contributed by atoms with van der Waals surface area (Å²) in [6, 6.07) is 6.58. The van der Waals surface area contributed by atoms with E-state index in [4.69, 9.17) is 15.2 Å². The number of rotatable bonds is 15. The van der Waals surface area contributed by atoms with Crippen LogP contribution in [0.3, 0.4) is 0 Å². The highest BCUT2D eigenvalue weighted by Gasteiger charge is 2.17. The molecule has 162 valence electrons. The Morgan fingerprint density at radius 1 is 1.03 bits per heavy atom. The minimum Gasteiger partial charge on any atom is -0.379 e. The average molecular weight is 408 g/mol. The van der Waals surface area contributed by atoms with Gasteiger partial charge in [0.05, 0.1) is 13.2 Å². The van der Waals surface area contributed by atoms with Crippen molar-refractivity contribution in [2.45, 2.75) is 45.6 Å². The molecule has 0 aliphatic heterocycles. The summed E-state index contributed by atoms with van der Waals surface area (Å²) < 4.78 is 10.5. The van der Waals surface area contributed by atoms with Gasteiger partial charge in [0.2, 0.25) is 11.8 Å². The van der Waals surface area contributed by atoms with Crippen molar-refractivity contribution in [3.63, 3.8) is 0 Å². The van der Waals surface area contributed by atoms with E-state index in [-0.39, 0.29) is 12.5 Å². The zero-order valence-electron chi connectivity index (χ0n) is 17.4. The number of nitrogens with one attached hydrogen (secondary N) is 2. The Hall–Kier alpha value is -2.45. The zero-order chi connectivity index (χ0) is 21.5. The molecule has 29 heavy (non-hydrogen) atoms. The van der Waals surface area contributed by atoms with Gasteiger partial charge in [-0.05, 0) is 44.7 Å². The molecule has 8 nitrogen and oxygen atoms in total. The quantitative estimate of drug-likeness (QED) is 0.379. The molecule has 0 radical (unpaired) electrons. The zero-order valence-corrected chi connectivity index (χ0v) is 17.4. The van der Waals surface area contributed by atoms with Crippen LogP contribution in [0.2, 0.25) is 0 Å². The minimum atomic E-state index is -0.754. The van der Waals surface area contributed by atoms with Crippen LogP contribution < -0.4 is 16.4 Å². The summed E-state index contributed by atoms with van der Waals surface area (Å²) in [4.78, 5) is 35.4. The lowest BCUT2D eigenvalue weighted by molar-refractivity contribution is -0.130. The SMILES string of the molecule is CCCOCCOCC(=O)NC(CCCCNC(=O)c1ccc(C)cc1)C(N)=O. The van der Waals surface area contributed by atoms with Crippen LogP contribution in [0.15, 0.2) is 24.3 Å². The Balaban J connectivity index is 2.20. The molecule has 1 aromatic carbocycles. The lowest BCUT2D eigenvalue weighted by atomic mass is 10.1. The van der Waals surface area contributed by atoms with Gasteiger partial charge in [-0.2, -0.15) is 0 Å². The highest BCUT2D eigenvalue weighted by Crippen LogP contribution is 2.04. The maximum atomic E-state index is 12.0. The molecule has 0 bridgehead atoms. The molecule has 3 amide bonds. The van der Waals surface area contributed by atoms with E-state index < -0.39 is 17.9 Å². The number of benzene rings is 1. The van der Waals surface area contributed by atoms with Gasteiger partial charge in [0.25, 0.3) is 5.91 Å². The molecule has 1 unspecified atom stereocenters. The molecule has 0 aliphatic rings. The first-order valence-electron chi connectivity index (χ1n) is 10.0. The molecule has 0 saturated carbocycles. The number of carbonyl (C=O) groups excluding carboxylic acids is 3. The second-order valence-corrected chi connectivity index (χ2v) is 6.81. The molecule has 0 fully saturated rings. The van der Waals surface area contributed by atoms with Gasteiger partial charge in [0.15, 0.2) is 0 Å². The molecule has 0 saturated heterocycles. The number of aryl methyl sites for hydroxylation is 1. The highest BCUT2D eigenvalue weighted by atomic mass is 16.5. The van der Waals surface area contributed by atoms with E-state index in [0.717, 1.165) is 12.0 Å². The number of primary amides is 1. The molecule has 1 rings (SSSR count). The van der Waals surface area contributed by atoms with Crippen LogP contribution in [-0.2, 0) is 19.1 Å². The van der Waals surface area contributed by atoms with E-state index >= 15 is 0 Å². The maximum absolute atomic E-state index is 12.0. The summed E-state index contributed by atoms with van der Waals surface area (Å²) >= 11 is 0. The van der Waals surface area contributed by atoms with Gasteiger partial charge in [-0.25, -0.2) is 0 Å². The van der Waals surface area contributed by atoms with E-state index in [9.17, 15) is 14.4 Å². The summed E-state index contributed by atoms with van der Waals surface area (Å²) in [6.07, 6.45) is 2.63. The van der Waals surface area contributed by atoms with Crippen molar-refractivity contribution < 1.29 is 23.9 Å². The van der Waals surface area contributed by atoms with Gasteiger partial charge in [-0.1, -0.05) is 24.6 Å². The number of nitrogens with two attached hydrogens (primary N) is 1. The van der Waals surface area contributed by atoms with Crippen molar-refractivity contribution in [1.29, 1.82) is 0 Å². The van der Waals surface area contributed by atoms with Crippen LogP contribution in [0.5, 0.6) is 0 Å². The number of hydrogen-bond donors (Lipinski definition) is 3. The minimum absolute atomic E-state index is 0.134. The predicted octanol–water partition coefficient (Wildman–Crippen LogP) is 1.31. The van der Waals surface area contributed by atoms with E-state index in [0.29, 0.717) is 51.2 Å². The Morgan fingerprint density at radius 2 is 1.72 bits per heavy atom. The number of carbonyl (C=O) groups is 3. The maximum Gasteiger partial charge on any atom is 0.251 e. The fraction of sp³-hybridized carbons (Fsp3) is 0.571. The van der Waals surface area contributed by atoms with Crippen LogP contribution in [0.25, 0.3) is 0 Å². The number of amides is 3. The summed E-state index contributed by atoms with van der Waals surface area (Å²) in [5.74, 6) is -1.12. The first kappa shape index (κ1) is 24.6. The van der Waals surface area contributed by atoms with Crippen molar-refractivity contribution in [3.05, 3.63) is 35.4 Å². The van der Waals surface area contributed by atoms with Crippen LogP contribution >= 0.6 is 0 Å². The van der Waals surface area contributed by atoms with Crippen molar-refractivity contribution >= 4 is 17.7 Å². The first-order chi connectivity index (χ1) is 13.9. The third kappa shape index (κ3) is 11.2. The second-order valence-electron chi connectivity index (χ2n) is 6.81. The molecule has 1 aromatic rings. The number of ether oxygens (including phenoxy) is 2.